The Balaban J connectivity index is 1.59. The summed E-state index contributed by atoms with van der Waals surface area (Å²) in [5.41, 5.74) is 1.12. The number of hydrogen-bond donors (Lipinski definition) is 3. The van der Waals surface area contributed by atoms with E-state index in [9.17, 15) is 24.9 Å². The van der Waals surface area contributed by atoms with E-state index in [1.807, 2.05) is 45.0 Å². The number of amides is 2. The van der Waals surface area contributed by atoms with Crippen molar-refractivity contribution in [3.05, 3.63) is 47.7 Å². The van der Waals surface area contributed by atoms with E-state index in [0.29, 0.717) is 18.5 Å². The molecule has 0 aliphatic carbocycles. The molecule has 1 aromatic heterocycles. The Morgan fingerprint density at radius 1 is 1.38 bits per heavy atom. The van der Waals surface area contributed by atoms with Crippen molar-refractivity contribution >= 4 is 30.1 Å². The molecule has 2 aromatic rings. The SMILES string of the molecule is CC(C)(C)C=C(C#N)C(=O)N1CCCC1COC(=O)N[C@@H](Cc1coc2ccccc12)B(O)O. The quantitative estimate of drug-likeness (QED) is 0.324. The summed E-state index contributed by atoms with van der Waals surface area (Å²) in [5, 5.41) is 32.3. The first-order chi connectivity index (χ1) is 16.1. The Morgan fingerprint density at radius 2 is 2.12 bits per heavy atom. The fourth-order valence-electron chi connectivity index (χ4n) is 4.03. The minimum atomic E-state index is -1.81. The normalized spacial score (nSPS) is 17.4. The molecule has 3 rings (SSSR count). The van der Waals surface area contributed by atoms with E-state index >= 15 is 0 Å². The highest BCUT2D eigenvalue weighted by Gasteiger charge is 2.33. The van der Waals surface area contributed by atoms with Gasteiger partial charge < -0.3 is 29.4 Å². The molecule has 1 saturated heterocycles. The number of allylic oxidation sites excluding steroid dienone is 1. The van der Waals surface area contributed by atoms with E-state index in [1.54, 1.807) is 17.0 Å². The van der Waals surface area contributed by atoms with Gasteiger partial charge in [-0.15, -0.1) is 0 Å². The van der Waals surface area contributed by atoms with Crippen molar-refractivity contribution < 1.29 is 28.8 Å². The smallest absolute Gasteiger partial charge is 0.464 e. The van der Waals surface area contributed by atoms with Gasteiger partial charge in [0.15, 0.2) is 0 Å². The Kier molecular flexibility index (Phi) is 8.02. The molecule has 180 valence electrons. The molecule has 3 N–H and O–H groups in total. The van der Waals surface area contributed by atoms with Gasteiger partial charge in [-0.25, -0.2) is 4.79 Å². The van der Waals surface area contributed by atoms with Crippen molar-refractivity contribution in [3.63, 3.8) is 0 Å². The molecule has 34 heavy (non-hydrogen) atoms. The number of nitriles is 1. The Morgan fingerprint density at radius 3 is 2.79 bits per heavy atom. The van der Waals surface area contributed by atoms with Crippen LogP contribution in [-0.2, 0) is 16.0 Å². The summed E-state index contributed by atoms with van der Waals surface area (Å²) in [6, 6.07) is 8.95. The maximum Gasteiger partial charge on any atom is 0.475 e. The van der Waals surface area contributed by atoms with Crippen molar-refractivity contribution in [1.82, 2.24) is 10.2 Å². The van der Waals surface area contributed by atoms with Crippen LogP contribution in [0.1, 0.15) is 39.2 Å². The Labute approximate surface area is 199 Å². The number of nitrogens with zero attached hydrogens (tertiary/aromatic N) is 2. The largest absolute Gasteiger partial charge is 0.475 e. The van der Waals surface area contributed by atoms with Crippen molar-refractivity contribution in [1.29, 1.82) is 5.26 Å². The number of likely N-dealkylation sites (tertiary alicyclic amines) is 1. The number of benzene rings is 1. The molecule has 9 nitrogen and oxygen atoms in total. The number of carbonyl (C=O) groups is 2. The van der Waals surface area contributed by atoms with Crippen LogP contribution in [0.4, 0.5) is 4.79 Å². The van der Waals surface area contributed by atoms with E-state index in [4.69, 9.17) is 9.15 Å². The van der Waals surface area contributed by atoms with Gasteiger partial charge in [0.1, 0.15) is 23.8 Å². The van der Waals surface area contributed by atoms with E-state index < -0.39 is 19.2 Å². The number of rotatable bonds is 7. The van der Waals surface area contributed by atoms with E-state index in [-0.39, 0.29) is 36.0 Å². The molecule has 0 bridgehead atoms. The number of alkyl carbamates (subject to hydrolysis) is 1. The lowest BCUT2D eigenvalue weighted by molar-refractivity contribution is -0.128. The zero-order valence-electron chi connectivity index (χ0n) is 19.7. The maximum atomic E-state index is 12.9. The van der Waals surface area contributed by atoms with Gasteiger partial charge in [-0.05, 0) is 36.3 Å². The number of ether oxygens (including phenoxy) is 1. The molecule has 0 radical (unpaired) electrons. The van der Waals surface area contributed by atoms with E-state index in [0.717, 1.165) is 17.4 Å². The first kappa shape index (κ1) is 25.3. The summed E-state index contributed by atoms with van der Waals surface area (Å²) in [7, 11) is -1.81. The molecular formula is C24H30BN3O6. The molecule has 1 unspecified atom stereocenters. The number of furan rings is 1. The topological polar surface area (TPSA) is 136 Å². The molecule has 0 saturated carbocycles. The molecule has 1 aromatic carbocycles. The highest BCUT2D eigenvalue weighted by molar-refractivity contribution is 6.43. The van der Waals surface area contributed by atoms with Crippen LogP contribution in [0.3, 0.4) is 0 Å². The molecule has 2 heterocycles. The minimum absolute atomic E-state index is 0.0608. The number of nitrogens with one attached hydrogen (secondary N) is 1. The predicted octanol–water partition coefficient (Wildman–Crippen LogP) is 2.57. The molecule has 10 heteroatoms. The fourth-order valence-corrected chi connectivity index (χ4v) is 4.03. The minimum Gasteiger partial charge on any atom is -0.464 e. The summed E-state index contributed by atoms with van der Waals surface area (Å²) in [6.45, 7) is 6.14. The van der Waals surface area contributed by atoms with Crippen LogP contribution in [-0.4, -0.2) is 59.2 Å². The molecule has 2 atom stereocenters. The number of para-hydroxylation sites is 1. The van der Waals surface area contributed by atoms with E-state index in [2.05, 4.69) is 5.32 Å². The lowest BCUT2D eigenvalue weighted by Gasteiger charge is -2.25. The Hall–Kier alpha value is -3.29. The lowest BCUT2D eigenvalue weighted by Crippen LogP contribution is -2.49. The van der Waals surface area contributed by atoms with Crippen LogP contribution in [0.25, 0.3) is 11.0 Å². The van der Waals surface area contributed by atoms with Crippen LogP contribution in [0, 0.1) is 16.7 Å². The second kappa shape index (κ2) is 10.8. The number of hydrogen-bond acceptors (Lipinski definition) is 7. The maximum absolute atomic E-state index is 12.9. The average Bonchev–Trinajstić information content (AvgIpc) is 3.41. The first-order valence-electron chi connectivity index (χ1n) is 11.3. The second-order valence-electron chi connectivity index (χ2n) is 9.55. The highest BCUT2D eigenvalue weighted by atomic mass is 16.5. The van der Waals surface area contributed by atoms with Gasteiger partial charge >= 0.3 is 13.2 Å². The number of fused-ring (bicyclic) bond motifs is 1. The van der Waals surface area contributed by atoms with Gasteiger partial charge in [0.25, 0.3) is 5.91 Å². The van der Waals surface area contributed by atoms with Crippen LogP contribution >= 0.6 is 0 Å². The summed E-state index contributed by atoms with van der Waals surface area (Å²) < 4.78 is 10.8. The molecule has 0 spiro atoms. The molecule has 1 fully saturated rings. The van der Waals surface area contributed by atoms with E-state index in [1.165, 1.54) is 6.26 Å². The van der Waals surface area contributed by atoms with Crippen LogP contribution in [0.5, 0.6) is 0 Å². The third-order valence-corrected chi connectivity index (χ3v) is 5.64. The van der Waals surface area contributed by atoms with Gasteiger partial charge in [0.2, 0.25) is 0 Å². The van der Waals surface area contributed by atoms with Crippen molar-refractivity contribution in [3.8, 4) is 6.07 Å². The standard InChI is InChI=1S/C24H30BN3O6/c1-24(2,3)12-17(13-26)22(29)28-10-6-7-18(28)15-34-23(30)27-21(25(31)32)11-16-14-33-20-9-5-4-8-19(16)20/h4-5,8-9,12,14,18,21,31-32H,6-7,10-11,15H2,1-3H3,(H,27,30)/t18?,21-/m0/s1. The van der Waals surface area contributed by atoms with Crippen LogP contribution in [0.15, 0.2) is 46.6 Å². The van der Waals surface area contributed by atoms with Gasteiger partial charge in [-0.3, -0.25) is 4.79 Å². The molecule has 2 amide bonds. The molecule has 1 aliphatic heterocycles. The second-order valence-corrected chi connectivity index (χ2v) is 9.55. The molecule has 1 aliphatic rings. The van der Waals surface area contributed by atoms with Gasteiger partial charge in [0.05, 0.1) is 18.2 Å². The molecular weight excluding hydrogens is 437 g/mol. The highest BCUT2D eigenvalue weighted by Crippen LogP contribution is 2.24. The first-order valence-corrected chi connectivity index (χ1v) is 11.3. The van der Waals surface area contributed by atoms with Crippen molar-refractivity contribution in [2.45, 2.75) is 52.0 Å². The zero-order chi connectivity index (χ0) is 24.9. The lowest BCUT2D eigenvalue weighted by atomic mass is 9.76. The number of carbonyl (C=O) groups excluding carboxylic acids is 2. The summed E-state index contributed by atoms with van der Waals surface area (Å²) in [5.74, 6) is -1.39. The Bertz CT molecular complexity index is 1100. The van der Waals surface area contributed by atoms with Gasteiger partial charge in [-0.1, -0.05) is 45.0 Å². The zero-order valence-corrected chi connectivity index (χ0v) is 19.7. The van der Waals surface area contributed by atoms with Crippen LogP contribution in [0.2, 0.25) is 0 Å². The van der Waals surface area contributed by atoms with Crippen molar-refractivity contribution in [2.24, 2.45) is 5.41 Å². The monoisotopic (exact) mass is 467 g/mol. The van der Waals surface area contributed by atoms with Crippen LogP contribution < -0.4 is 5.32 Å². The predicted molar refractivity (Wildman–Crippen MR) is 126 cm³/mol. The third-order valence-electron chi connectivity index (χ3n) is 5.64. The van der Waals surface area contributed by atoms with Gasteiger partial charge in [-0.2, -0.15) is 5.26 Å². The summed E-state index contributed by atoms with van der Waals surface area (Å²) >= 11 is 0. The summed E-state index contributed by atoms with van der Waals surface area (Å²) in [6.07, 6.45) is 3.84. The summed E-state index contributed by atoms with van der Waals surface area (Å²) in [4.78, 5) is 26.8. The van der Waals surface area contributed by atoms with Gasteiger partial charge in [0, 0.05) is 11.9 Å². The fraction of sp³-hybridized carbons (Fsp3) is 0.458. The third kappa shape index (κ3) is 6.40. The average molecular weight is 467 g/mol. The van der Waals surface area contributed by atoms with Crippen molar-refractivity contribution in [2.75, 3.05) is 13.2 Å².